The van der Waals surface area contributed by atoms with E-state index in [0.717, 1.165) is 5.56 Å². The third-order valence-electron chi connectivity index (χ3n) is 5.09. The predicted octanol–water partition coefficient (Wildman–Crippen LogP) is 3.99. The number of halogens is 3. The molecular formula is C23H23F3N2O4. The van der Waals surface area contributed by atoms with Crippen molar-refractivity contribution in [3.63, 3.8) is 0 Å². The smallest absolute Gasteiger partial charge is 0.471 e. The first-order chi connectivity index (χ1) is 15.1. The summed E-state index contributed by atoms with van der Waals surface area (Å²) < 4.78 is 50.1. The fraction of sp³-hybridized carbons (Fsp3) is 0.304. The number of H-pyrrole nitrogens is 1. The van der Waals surface area contributed by atoms with E-state index >= 15 is 0 Å². The molecule has 2 aromatic carbocycles. The van der Waals surface area contributed by atoms with Crippen molar-refractivity contribution >= 4 is 16.8 Å². The molecule has 0 saturated carbocycles. The molecule has 1 N–H and O–H groups in total. The Balaban J connectivity index is 1.89. The molecular weight excluding hydrogens is 425 g/mol. The summed E-state index contributed by atoms with van der Waals surface area (Å²) in [6.45, 7) is 1.16. The number of carbonyl (C=O) groups is 1. The molecule has 6 nitrogen and oxygen atoms in total. The third kappa shape index (κ3) is 5.22. The van der Waals surface area contributed by atoms with E-state index in [9.17, 15) is 22.8 Å². The van der Waals surface area contributed by atoms with Crippen LogP contribution in [0, 0.1) is 6.92 Å². The van der Waals surface area contributed by atoms with E-state index in [0.29, 0.717) is 32.9 Å². The number of hydrogen-bond donors (Lipinski definition) is 1. The van der Waals surface area contributed by atoms with Crippen LogP contribution < -0.4 is 15.0 Å². The number of rotatable bonds is 7. The van der Waals surface area contributed by atoms with Crippen LogP contribution in [0.3, 0.4) is 0 Å². The van der Waals surface area contributed by atoms with Crippen molar-refractivity contribution in [1.82, 2.24) is 9.88 Å². The number of nitrogens with zero attached hydrogens (tertiary/aromatic N) is 1. The molecule has 1 heterocycles. The minimum absolute atomic E-state index is 0.0769. The van der Waals surface area contributed by atoms with Crippen molar-refractivity contribution in [2.45, 2.75) is 26.1 Å². The van der Waals surface area contributed by atoms with Crippen molar-refractivity contribution < 1.29 is 27.4 Å². The molecule has 0 saturated heterocycles. The van der Waals surface area contributed by atoms with Gasteiger partial charge in [0.1, 0.15) is 0 Å². The number of aromatic nitrogens is 1. The van der Waals surface area contributed by atoms with Gasteiger partial charge in [0.05, 0.1) is 20.8 Å². The highest BCUT2D eigenvalue weighted by molar-refractivity contribution is 5.82. The highest BCUT2D eigenvalue weighted by Crippen LogP contribution is 2.28. The largest absolute Gasteiger partial charge is 0.493 e. The number of hydrogen-bond acceptors (Lipinski definition) is 4. The Morgan fingerprint density at radius 3 is 2.41 bits per heavy atom. The first-order valence-corrected chi connectivity index (χ1v) is 9.82. The van der Waals surface area contributed by atoms with Crippen LogP contribution in [0.15, 0.2) is 47.3 Å². The van der Waals surface area contributed by atoms with Crippen molar-refractivity contribution in [2.75, 3.05) is 20.8 Å². The fourth-order valence-corrected chi connectivity index (χ4v) is 3.43. The molecule has 0 spiro atoms. The summed E-state index contributed by atoms with van der Waals surface area (Å²) in [6, 6.07) is 11.8. The maximum absolute atomic E-state index is 13.2. The minimum atomic E-state index is -5.06. The quantitative estimate of drug-likeness (QED) is 0.594. The predicted molar refractivity (Wildman–Crippen MR) is 114 cm³/mol. The molecule has 3 rings (SSSR count). The number of benzene rings is 2. The van der Waals surface area contributed by atoms with Gasteiger partial charge >= 0.3 is 12.1 Å². The summed E-state index contributed by atoms with van der Waals surface area (Å²) >= 11 is 0. The lowest BCUT2D eigenvalue weighted by atomic mass is 10.1. The van der Waals surface area contributed by atoms with Gasteiger partial charge < -0.3 is 19.4 Å². The van der Waals surface area contributed by atoms with Crippen molar-refractivity contribution in [2.24, 2.45) is 0 Å². The molecule has 9 heteroatoms. The number of aromatic amines is 1. The van der Waals surface area contributed by atoms with Crippen LogP contribution in [0.25, 0.3) is 10.9 Å². The molecule has 170 valence electrons. The first-order valence-electron chi connectivity index (χ1n) is 9.82. The second-order valence-corrected chi connectivity index (χ2v) is 7.38. The molecule has 0 aliphatic carbocycles. The van der Waals surface area contributed by atoms with Gasteiger partial charge in [0, 0.05) is 17.6 Å². The lowest BCUT2D eigenvalue weighted by molar-refractivity contribution is -0.186. The molecule has 0 bridgehead atoms. The number of alkyl halides is 3. The zero-order valence-corrected chi connectivity index (χ0v) is 17.9. The van der Waals surface area contributed by atoms with Gasteiger partial charge in [0.2, 0.25) is 0 Å². The van der Waals surface area contributed by atoms with Gasteiger partial charge in [-0.15, -0.1) is 0 Å². The number of methoxy groups -OCH3 is 2. The van der Waals surface area contributed by atoms with E-state index in [1.807, 2.05) is 19.1 Å². The number of aryl methyl sites for hydroxylation is 1. The van der Waals surface area contributed by atoms with Crippen LogP contribution in [-0.2, 0) is 17.8 Å². The Kier molecular flexibility index (Phi) is 6.76. The van der Waals surface area contributed by atoms with Crippen LogP contribution in [0.5, 0.6) is 11.5 Å². The number of pyridine rings is 1. The zero-order chi connectivity index (χ0) is 23.5. The van der Waals surface area contributed by atoms with Gasteiger partial charge in [-0.3, -0.25) is 9.59 Å². The molecule has 0 fully saturated rings. The average Bonchev–Trinajstić information content (AvgIpc) is 2.75. The zero-order valence-electron chi connectivity index (χ0n) is 17.9. The summed E-state index contributed by atoms with van der Waals surface area (Å²) in [5, 5.41) is 0.680. The van der Waals surface area contributed by atoms with Gasteiger partial charge in [-0.05, 0) is 54.6 Å². The molecule has 3 aromatic rings. The Hall–Kier alpha value is -3.49. The fourth-order valence-electron chi connectivity index (χ4n) is 3.43. The van der Waals surface area contributed by atoms with Gasteiger partial charge in [-0.1, -0.05) is 17.7 Å². The Morgan fingerprint density at radius 1 is 1.03 bits per heavy atom. The van der Waals surface area contributed by atoms with Crippen molar-refractivity contribution in [1.29, 1.82) is 0 Å². The number of fused-ring (bicyclic) bond motifs is 1. The topological polar surface area (TPSA) is 71.6 Å². The monoisotopic (exact) mass is 448 g/mol. The van der Waals surface area contributed by atoms with E-state index in [-0.39, 0.29) is 18.5 Å². The molecule has 0 unspecified atom stereocenters. The minimum Gasteiger partial charge on any atom is -0.493 e. The summed E-state index contributed by atoms with van der Waals surface area (Å²) in [5.74, 6) is -1.08. The average molecular weight is 448 g/mol. The van der Waals surface area contributed by atoms with Crippen molar-refractivity contribution in [3.05, 3.63) is 69.5 Å². The van der Waals surface area contributed by atoms with E-state index in [2.05, 4.69) is 4.98 Å². The number of carbonyl (C=O) groups excluding carboxylic acids is 1. The molecule has 0 aliphatic rings. The number of nitrogens with one attached hydrogen (secondary N) is 1. The standard InChI is InChI=1S/C23H23F3N2O4/c1-14-4-6-18-16(10-14)12-17(21(29)27-18)13-28(22(30)23(24,25)26)9-8-15-5-7-19(31-2)20(11-15)32-3/h4-7,10-12H,8-9,13H2,1-3H3,(H,27,29). The Morgan fingerprint density at radius 2 is 1.75 bits per heavy atom. The summed E-state index contributed by atoms with van der Waals surface area (Å²) in [6.07, 6.45) is -4.93. The van der Waals surface area contributed by atoms with Crippen LogP contribution in [0.4, 0.5) is 13.2 Å². The SMILES string of the molecule is COc1ccc(CCN(Cc2cc3cc(C)ccc3[nH]c2=O)C(=O)C(F)(F)F)cc1OC. The van der Waals surface area contributed by atoms with Crippen LogP contribution in [-0.4, -0.2) is 42.7 Å². The van der Waals surface area contributed by atoms with Crippen LogP contribution >= 0.6 is 0 Å². The molecule has 0 atom stereocenters. The van der Waals surface area contributed by atoms with E-state index < -0.39 is 24.2 Å². The molecule has 0 aliphatic heterocycles. The number of ether oxygens (including phenoxy) is 2. The second kappa shape index (κ2) is 9.33. The molecule has 32 heavy (non-hydrogen) atoms. The highest BCUT2D eigenvalue weighted by Gasteiger charge is 2.42. The highest BCUT2D eigenvalue weighted by atomic mass is 19.4. The maximum atomic E-state index is 13.2. The maximum Gasteiger partial charge on any atom is 0.471 e. The second-order valence-electron chi connectivity index (χ2n) is 7.38. The van der Waals surface area contributed by atoms with Crippen LogP contribution in [0.2, 0.25) is 0 Å². The van der Waals surface area contributed by atoms with E-state index in [1.54, 1.807) is 24.3 Å². The third-order valence-corrected chi connectivity index (χ3v) is 5.09. The van der Waals surface area contributed by atoms with Gasteiger partial charge in [0.15, 0.2) is 11.5 Å². The summed E-state index contributed by atoms with van der Waals surface area (Å²) in [7, 11) is 2.93. The molecule has 0 radical (unpaired) electrons. The summed E-state index contributed by atoms with van der Waals surface area (Å²) in [4.78, 5) is 27.8. The number of amides is 1. The van der Waals surface area contributed by atoms with Gasteiger partial charge in [0.25, 0.3) is 5.56 Å². The van der Waals surface area contributed by atoms with Crippen LogP contribution in [0.1, 0.15) is 16.7 Å². The van der Waals surface area contributed by atoms with Crippen molar-refractivity contribution in [3.8, 4) is 11.5 Å². The molecule has 1 amide bonds. The molecule has 1 aromatic heterocycles. The lowest BCUT2D eigenvalue weighted by Gasteiger charge is -2.24. The summed E-state index contributed by atoms with van der Waals surface area (Å²) in [5.41, 5.74) is 1.71. The normalized spacial score (nSPS) is 11.4. The van der Waals surface area contributed by atoms with E-state index in [4.69, 9.17) is 9.47 Å². The van der Waals surface area contributed by atoms with Gasteiger partial charge in [-0.25, -0.2) is 0 Å². The first kappa shape index (κ1) is 23.2. The Labute approximate surface area is 182 Å². The lowest BCUT2D eigenvalue weighted by Crippen LogP contribution is -2.42. The van der Waals surface area contributed by atoms with E-state index in [1.165, 1.54) is 20.3 Å². The van der Waals surface area contributed by atoms with Gasteiger partial charge in [-0.2, -0.15) is 13.2 Å². The Bertz CT molecular complexity index is 1190.